The Morgan fingerprint density at radius 2 is 2.10 bits per heavy atom. The fourth-order valence-corrected chi connectivity index (χ4v) is 2.87. The normalized spacial score (nSPS) is 21.4. The summed E-state index contributed by atoms with van der Waals surface area (Å²) in [5.41, 5.74) is 1.04. The van der Waals surface area contributed by atoms with E-state index in [4.69, 9.17) is 4.84 Å². The van der Waals surface area contributed by atoms with Crippen molar-refractivity contribution < 1.29 is 9.63 Å². The lowest BCUT2D eigenvalue weighted by Crippen LogP contribution is -2.45. The molecule has 1 aromatic carbocycles. The number of likely N-dealkylation sites (tertiary alicyclic amines) is 1. The van der Waals surface area contributed by atoms with E-state index in [1.54, 1.807) is 7.05 Å². The van der Waals surface area contributed by atoms with Crippen molar-refractivity contribution >= 4 is 5.91 Å². The lowest BCUT2D eigenvalue weighted by atomic mass is 9.96. The van der Waals surface area contributed by atoms with Crippen LogP contribution in [0.3, 0.4) is 0 Å². The molecular weight excluding hydrogens is 252 g/mol. The lowest BCUT2D eigenvalue weighted by Gasteiger charge is -2.37. The highest BCUT2D eigenvalue weighted by molar-refractivity contribution is 5.82. The average Bonchev–Trinajstić information content (AvgIpc) is 2.48. The predicted octanol–water partition coefficient (Wildman–Crippen LogP) is 2.48. The Balaban J connectivity index is 2.26. The quantitative estimate of drug-likeness (QED) is 0.792. The van der Waals surface area contributed by atoms with Crippen LogP contribution in [-0.4, -0.2) is 43.1 Å². The van der Waals surface area contributed by atoms with E-state index in [-0.39, 0.29) is 11.9 Å². The highest BCUT2D eigenvalue weighted by atomic mass is 16.7. The van der Waals surface area contributed by atoms with Gasteiger partial charge in [-0.1, -0.05) is 37.3 Å². The van der Waals surface area contributed by atoms with Gasteiger partial charge < -0.3 is 0 Å². The minimum atomic E-state index is -0.246. The van der Waals surface area contributed by atoms with Crippen molar-refractivity contribution in [3.05, 3.63) is 35.9 Å². The molecule has 0 bridgehead atoms. The van der Waals surface area contributed by atoms with E-state index in [9.17, 15) is 4.79 Å². The largest absolute Gasteiger partial charge is 0.288 e. The Labute approximate surface area is 121 Å². The number of nitrogens with zero attached hydrogens (tertiary/aromatic N) is 2. The second-order valence-electron chi connectivity index (χ2n) is 5.57. The third kappa shape index (κ3) is 3.38. The van der Waals surface area contributed by atoms with Gasteiger partial charge in [0.25, 0.3) is 5.91 Å². The van der Waals surface area contributed by atoms with E-state index in [0.717, 1.165) is 25.1 Å². The molecule has 0 aliphatic carbocycles. The Morgan fingerprint density at radius 1 is 1.40 bits per heavy atom. The molecule has 1 saturated heterocycles. The van der Waals surface area contributed by atoms with Crippen LogP contribution in [0.4, 0.5) is 0 Å². The van der Waals surface area contributed by atoms with Crippen LogP contribution >= 0.6 is 0 Å². The molecule has 0 N–H and O–H groups in total. The van der Waals surface area contributed by atoms with E-state index < -0.39 is 0 Å². The maximum atomic E-state index is 12.6. The molecule has 20 heavy (non-hydrogen) atoms. The van der Waals surface area contributed by atoms with Gasteiger partial charge in [0.1, 0.15) is 6.04 Å². The molecule has 4 heteroatoms. The van der Waals surface area contributed by atoms with Gasteiger partial charge >= 0.3 is 0 Å². The molecule has 110 valence electrons. The van der Waals surface area contributed by atoms with Crippen molar-refractivity contribution in [2.75, 3.05) is 27.2 Å². The van der Waals surface area contributed by atoms with Crippen molar-refractivity contribution in [2.45, 2.75) is 25.8 Å². The molecule has 1 fully saturated rings. The van der Waals surface area contributed by atoms with Gasteiger partial charge in [-0.25, -0.2) is 5.06 Å². The van der Waals surface area contributed by atoms with Gasteiger partial charge in [-0.3, -0.25) is 14.5 Å². The topological polar surface area (TPSA) is 32.8 Å². The van der Waals surface area contributed by atoms with E-state index in [2.05, 4.69) is 11.8 Å². The fraction of sp³-hybridized carbons (Fsp3) is 0.562. The van der Waals surface area contributed by atoms with Gasteiger partial charge in [0.05, 0.1) is 7.11 Å². The summed E-state index contributed by atoms with van der Waals surface area (Å²) < 4.78 is 0. The van der Waals surface area contributed by atoms with Crippen LogP contribution in [0.15, 0.2) is 30.3 Å². The van der Waals surface area contributed by atoms with Gasteiger partial charge in [0.2, 0.25) is 0 Å². The van der Waals surface area contributed by atoms with Crippen LogP contribution in [0.5, 0.6) is 0 Å². The smallest absolute Gasteiger partial charge is 0.267 e. The van der Waals surface area contributed by atoms with Crippen molar-refractivity contribution in [1.82, 2.24) is 9.96 Å². The van der Waals surface area contributed by atoms with E-state index in [1.807, 2.05) is 30.3 Å². The molecule has 1 aromatic rings. The SMILES string of the molecule is CON(C)C(=O)[C@@H](c1ccccc1)N1CCC[C@H](C)C1. The number of hydrogen-bond acceptors (Lipinski definition) is 3. The molecular formula is C16H24N2O2. The van der Waals surface area contributed by atoms with Crippen LogP contribution < -0.4 is 0 Å². The summed E-state index contributed by atoms with van der Waals surface area (Å²) >= 11 is 0. The second-order valence-corrected chi connectivity index (χ2v) is 5.57. The molecule has 0 aromatic heterocycles. The summed E-state index contributed by atoms with van der Waals surface area (Å²) in [7, 11) is 3.20. The highest BCUT2D eigenvalue weighted by Gasteiger charge is 2.32. The third-order valence-corrected chi connectivity index (χ3v) is 3.99. The van der Waals surface area contributed by atoms with Crippen molar-refractivity contribution in [3.63, 3.8) is 0 Å². The first-order chi connectivity index (χ1) is 9.63. The maximum Gasteiger partial charge on any atom is 0.267 e. The first-order valence-corrected chi connectivity index (χ1v) is 7.24. The summed E-state index contributed by atoms with van der Waals surface area (Å²) in [5.74, 6) is 0.628. The summed E-state index contributed by atoms with van der Waals surface area (Å²) in [6.07, 6.45) is 2.39. The van der Waals surface area contributed by atoms with Crippen molar-refractivity contribution in [1.29, 1.82) is 0 Å². The van der Waals surface area contributed by atoms with E-state index in [1.165, 1.54) is 18.6 Å². The first kappa shape index (κ1) is 15.0. The number of likely N-dealkylation sites (N-methyl/N-ethyl adjacent to an activating group) is 1. The maximum absolute atomic E-state index is 12.6. The number of rotatable bonds is 4. The summed E-state index contributed by atoms with van der Waals surface area (Å²) in [6.45, 7) is 4.18. The van der Waals surface area contributed by atoms with Crippen molar-refractivity contribution in [2.24, 2.45) is 5.92 Å². The molecule has 0 unspecified atom stereocenters. The summed E-state index contributed by atoms with van der Waals surface area (Å²) in [4.78, 5) is 20.0. The lowest BCUT2D eigenvalue weighted by molar-refractivity contribution is -0.175. The number of carbonyl (C=O) groups is 1. The number of benzene rings is 1. The van der Waals surface area contributed by atoms with Gasteiger partial charge in [-0.15, -0.1) is 0 Å². The van der Waals surface area contributed by atoms with Gasteiger partial charge in [0.15, 0.2) is 0 Å². The number of piperidine rings is 1. The standard InChI is InChI=1S/C16H24N2O2/c1-13-8-7-11-18(12-13)15(16(19)17(2)20-3)14-9-5-4-6-10-14/h4-6,9-10,13,15H,7-8,11-12H2,1-3H3/t13-,15+/m0/s1. The number of hydrogen-bond donors (Lipinski definition) is 0. The van der Waals surface area contributed by atoms with Crippen molar-refractivity contribution in [3.8, 4) is 0 Å². The molecule has 1 aliphatic heterocycles. The van der Waals surface area contributed by atoms with Crippen LogP contribution in [0.25, 0.3) is 0 Å². The molecule has 4 nitrogen and oxygen atoms in total. The number of hydroxylamine groups is 2. The minimum Gasteiger partial charge on any atom is -0.288 e. The summed E-state index contributed by atoms with van der Waals surface area (Å²) in [5, 5.41) is 1.33. The molecule has 1 aliphatic rings. The number of amides is 1. The fourth-order valence-electron chi connectivity index (χ4n) is 2.87. The van der Waals surface area contributed by atoms with E-state index >= 15 is 0 Å². The monoisotopic (exact) mass is 276 g/mol. The zero-order valence-electron chi connectivity index (χ0n) is 12.6. The van der Waals surface area contributed by atoms with Gasteiger partial charge in [-0.05, 0) is 30.9 Å². The second kappa shape index (κ2) is 6.86. The molecule has 0 radical (unpaired) electrons. The highest BCUT2D eigenvalue weighted by Crippen LogP contribution is 2.28. The number of carbonyl (C=O) groups excluding carboxylic acids is 1. The molecule has 1 amide bonds. The van der Waals surface area contributed by atoms with Crippen LogP contribution in [0.2, 0.25) is 0 Å². The zero-order chi connectivity index (χ0) is 14.5. The van der Waals surface area contributed by atoms with Crippen LogP contribution in [0, 0.1) is 5.92 Å². The Kier molecular flexibility index (Phi) is 5.15. The predicted molar refractivity (Wildman–Crippen MR) is 78.9 cm³/mol. The van der Waals surface area contributed by atoms with Crippen LogP contribution in [0.1, 0.15) is 31.4 Å². The van der Waals surface area contributed by atoms with E-state index in [0.29, 0.717) is 5.92 Å². The molecule has 0 spiro atoms. The van der Waals surface area contributed by atoms with Gasteiger partial charge in [-0.2, -0.15) is 0 Å². The third-order valence-electron chi connectivity index (χ3n) is 3.99. The Hall–Kier alpha value is -1.39. The Bertz CT molecular complexity index is 435. The molecule has 2 rings (SSSR count). The zero-order valence-corrected chi connectivity index (χ0v) is 12.6. The summed E-state index contributed by atoms with van der Waals surface area (Å²) in [6, 6.07) is 9.73. The Morgan fingerprint density at radius 3 is 2.70 bits per heavy atom. The average molecular weight is 276 g/mol. The van der Waals surface area contributed by atoms with Gasteiger partial charge in [0, 0.05) is 13.6 Å². The van der Waals surface area contributed by atoms with Crippen LogP contribution in [-0.2, 0) is 9.63 Å². The minimum absolute atomic E-state index is 0.00667. The molecule has 1 heterocycles. The molecule has 0 saturated carbocycles. The first-order valence-electron chi connectivity index (χ1n) is 7.24. The molecule has 2 atom stereocenters.